The first-order valence-electron chi connectivity index (χ1n) is 7.95. The van der Waals surface area contributed by atoms with Crippen LogP contribution < -0.4 is 5.32 Å². The Bertz CT molecular complexity index is 471. The molecule has 1 N–H and O–H groups in total. The molecule has 118 valence electrons. The van der Waals surface area contributed by atoms with Crippen molar-refractivity contribution in [1.82, 2.24) is 5.32 Å². The first-order valence-corrected chi connectivity index (χ1v) is 7.95. The van der Waals surface area contributed by atoms with Crippen LogP contribution in [0.3, 0.4) is 0 Å². The molecule has 1 aliphatic carbocycles. The maximum atomic E-state index is 14.0. The van der Waals surface area contributed by atoms with Crippen LogP contribution in [0.1, 0.15) is 58.1 Å². The van der Waals surface area contributed by atoms with E-state index in [1.54, 1.807) is 6.07 Å². The first-order chi connectivity index (χ1) is 9.82. The number of nitrogens with one attached hydrogen (secondary N) is 1. The van der Waals surface area contributed by atoms with Gasteiger partial charge in [-0.25, -0.2) is 8.78 Å². The van der Waals surface area contributed by atoms with Gasteiger partial charge in [0.1, 0.15) is 11.6 Å². The molecule has 1 aliphatic rings. The Morgan fingerprint density at radius 3 is 2.19 bits per heavy atom. The van der Waals surface area contributed by atoms with Crippen molar-refractivity contribution in [1.29, 1.82) is 0 Å². The summed E-state index contributed by atoms with van der Waals surface area (Å²) in [5.74, 6) is 0.215. The Kier molecular flexibility index (Phi) is 5.03. The molecule has 1 aromatic carbocycles. The summed E-state index contributed by atoms with van der Waals surface area (Å²) in [6, 6.07) is 3.90. The largest absolute Gasteiger partial charge is 0.313 e. The van der Waals surface area contributed by atoms with Crippen LogP contribution in [0.5, 0.6) is 0 Å². The van der Waals surface area contributed by atoms with Gasteiger partial charge in [0.25, 0.3) is 0 Å². The van der Waals surface area contributed by atoms with Crippen LogP contribution in [0.2, 0.25) is 0 Å². The van der Waals surface area contributed by atoms with E-state index in [1.807, 2.05) is 7.05 Å². The second-order valence-electron chi connectivity index (χ2n) is 7.41. The van der Waals surface area contributed by atoms with Crippen LogP contribution >= 0.6 is 0 Å². The summed E-state index contributed by atoms with van der Waals surface area (Å²) in [7, 11) is 1.86. The number of hydrogen-bond donors (Lipinski definition) is 1. The highest BCUT2D eigenvalue weighted by molar-refractivity contribution is 5.23. The molecule has 3 heteroatoms. The molecule has 0 spiro atoms. The van der Waals surface area contributed by atoms with Gasteiger partial charge in [-0.15, -0.1) is 0 Å². The first kappa shape index (κ1) is 16.4. The molecule has 0 amide bonds. The van der Waals surface area contributed by atoms with Crippen LogP contribution in [0.25, 0.3) is 0 Å². The van der Waals surface area contributed by atoms with Crippen molar-refractivity contribution in [3.8, 4) is 0 Å². The summed E-state index contributed by atoms with van der Waals surface area (Å²) in [6.45, 7) is 6.90. The maximum Gasteiger partial charge on any atom is 0.130 e. The third kappa shape index (κ3) is 3.82. The Morgan fingerprint density at radius 2 is 1.71 bits per heavy atom. The molecule has 1 aromatic rings. The molecule has 2 rings (SSSR count). The minimum Gasteiger partial charge on any atom is -0.313 e. The number of halogens is 2. The standard InChI is InChI=1S/C18H27F2N/c1-18(2,3)13-7-5-12(6-8-13)17(21-4)15-10-9-14(19)11-16(15)20/h9-13,17,21H,5-8H2,1-4H3. The smallest absolute Gasteiger partial charge is 0.130 e. The molecule has 0 radical (unpaired) electrons. The van der Waals surface area contributed by atoms with E-state index in [2.05, 4.69) is 26.1 Å². The lowest BCUT2D eigenvalue weighted by Gasteiger charge is -2.39. The van der Waals surface area contributed by atoms with Gasteiger partial charge < -0.3 is 5.32 Å². The van der Waals surface area contributed by atoms with Gasteiger partial charge in [-0.2, -0.15) is 0 Å². The lowest BCUT2D eigenvalue weighted by atomic mass is 9.68. The molecule has 1 unspecified atom stereocenters. The Balaban J connectivity index is 2.09. The molecule has 1 nitrogen and oxygen atoms in total. The zero-order chi connectivity index (χ0) is 15.6. The summed E-state index contributed by atoms with van der Waals surface area (Å²) in [5.41, 5.74) is 0.944. The maximum absolute atomic E-state index is 14.0. The van der Waals surface area contributed by atoms with Crippen LogP contribution in [0.4, 0.5) is 8.78 Å². The van der Waals surface area contributed by atoms with Gasteiger partial charge in [0.15, 0.2) is 0 Å². The molecule has 1 fully saturated rings. The fraction of sp³-hybridized carbons (Fsp3) is 0.667. The van der Waals surface area contributed by atoms with E-state index in [-0.39, 0.29) is 6.04 Å². The van der Waals surface area contributed by atoms with Crippen LogP contribution in [0, 0.1) is 28.9 Å². The van der Waals surface area contributed by atoms with Gasteiger partial charge >= 0.3 is 0 Å². The lowest BCUT2D eigenvalue weighted by Crippen LogP contribution is -2.32. The highest BCUT2D eigenvalue weighted by Gasteiger charge is 2.33. The van der Waals surface area contributed by atoms with E-state index in [4.69, 9.17) is 0 Å². The van der Waals surface area contributed by atoms with Crippen molar-refractivity contribution in [3.63, 3.8) is 0 Å². The van der Waals surface area contributed by atoms with E-state index in [0.29, 0.717) is 16.9 Å². The molecular weight excluding hydrogens is 268 g/mol. The summed E-state index contributed by atoms with van der Waals surface area (Å²) in [6.07, 6.45) is 4.58. The monoisotopic (exact) mass is 295 g/mol. The molecule has 0 bridgehead atoms. The highest BCUT2D eigenvalue weighted by Crippen LogP contribution is 2.43. The van der Waals surface area contributed by atoms with Crippen molar-refractivity contribution in [2.45, 2.75) is 52.5 Å². The minimum atomic E-state index is -0.512. The second-order valence-corrected chi connectivity index (χ2v) is 7.41. The van der Waals surface area contributed by atoms with Crippen LogP contribution in [-0.2, 0) is 0 Å². The van der Waals surface area contributed by atoms with Crippen molar-refractivity contribution in [2.24, 2.45) is 17.3 Å². The molecular formula is C18H27F2N. The van der Waals surface area contributed by atoms with E-state index >= 15 is 0 Å². The van der Waals surface area contributed by atoms with Gasteiger partial charge in [0, 0.05) is 17.7 Å². The average Bonchev–Trinajstić information content (AvgIpc) is 2.41. The molecule has 1 saturated carbocycles. The Hall–Kier alpha value is -0.960. The fourth-order valence-corrected chi connectivity index (χ4v) is 3.72. The van der Waals surface area contributed by atoms with Crippen LogP contribution in [-0.4, -0.2) is 7.05 Å². The van der Waals surface area contributed by atoms with Crippen molar-refractivity contribution >= 4 is 0 Å². The van der Waals surface area contributed by atoms with Gasteiger partial charge in [-0.1, -0.05) is 26.8 Å². The van der Waals surface area contributed by atoms with Gasteiger partial charge in [0.2, 0.25) is 0 Å². The fourth-order valence-electron chi connectivity index (χ4n) is 3.72. The normalized spacial score (nSPS) is 24.9. The Labute approximate surface area is 127 Å². The molecule has 0 heterocycles. The predicted octanol–water partition coefficient (Wildman–Crippen LogP) is 5.08. The molecule has 0 aromatic heterocycles. The zero-order valence-electron chi connectivity index (χ0n) is 13.5. The lowest BCUT2D eigenvalue weighted by molar-refractivity contribution is 0.133. The molecule has 0 saturated heterocycles. The molecule has 1 atom stereocenters. The van der Waals surface area contributed by atoms with Gasteiger partial charge in [0.05, 0.1) is 0 Å². The SMILES string of the molecule is CNC(c1ccc(F)cc1F)C1CCC(C(C)(C)C)CC1. The van der Waals surface area contributed by atoms with Gasteiger partial charge in [-0.05, 0) is 56.0 Å². The quantitative estimate of drug-likeness (QED) is 0.820. The number of rotatable bonds is 3. The average molecular weight is 295 g/mol. The summed E-state index contributed by atoms with van der Waals surface area (Å²) < 4.78 is 27.1. The van der Waals surface area contributed by atoms with E-state index in [1.165, 1.54) is 18.9 Å². The third-order valence-electron chi connectivity index (χ3n) is 5.08. The van der Waals surface area contributed by atoms with Crippen molar-refractivity contribution < 1.29 is 8.78 Å². The van der Waals surface area contributed by atoms with Crippen molar-refractivity contribution in [3.05, 3.63) is 35.4 Å². The molecule has 0 aliphatic heterocycles. The summed E-state index contributed by atoms with van der Waals surface area (Å²) >= 11 is 0. The van der Waals surface area contributed by atoms with E-state index in [9.17, 15) is 8.78 Å². The zero-order valence-corrected chi connectivity index (χ0v) is 13.5. The number of benzene rings is 1. The summed E-state index contributed by atoms with van der Waals surface area (Å²) in [4.78, 5) is 0. The summed E-state index contributed by atoms with van der Waals surface area (Å²) in [5, 5.41) is 3.24. The molecule has 21 heavy (non-hydrogen) atoms. The topological polar surface area (TPSA) is 12.0 Å². The predicted molar refractivity (Wildman–Crippen MR) is 83.1 cm³/mol. The van der Waals surface area contributed by atoms with Crippen LogP contribution in [0.15, 0.2) is 18.2 Å². The highest BCUT2D eigenvalue weighted by atomic mass is 19.1. The third-order valence-corrected chi connectivity index (χ3v) is 5.08. The van der Waals surface area contributed by atoms with Crippen molar-refractivity contribution in [2.75, 3.05) is 7.05 Å². The minimum absolute atomic E-state index is 0.0217. The van der Waals surface area contributed by atoms with E-state index in [0.717, 1.165) is 24.8 Å². The second kappa shape index (κ2) is 6.43. The Morgan fingerprint density at radius 1 is 1.10 bits per heavy atom. The number of hydrogen-bond acceptors (Lipinski definition) is 1. The van der Waals surface area contributed by atoms with E-state index < -0.39 is 11.6 Å². The van der Waals surface area contributed by atoms with Gasteiger partial charge in [-0.3, -0.25) is 0 Å².